The van der Waals surface area contributed by atoms with Crippen LogP contribution >= 0.6 is 47.8 Å². The Morgan fingerprint density at radius 3 is 2.20 bits per heavy atom. The van der Waals surface area contributed by atoms with E-state index in [9.17, 15) is 0 Å². The summed E-state index contributed by atoms with van der Waals surface area (Å²) in [5.41, 5.74) is 0. The topological polar surface area (TPSA) is 9.23 Å². The van der Waals surface area contributed by atoms with Crippen LogP contribution in [-0.2, 0) is 0 Å². The summed E-state index contributed by atoms with van der Waals surface area (Å²) in [4.78, 5) is 0. The predicted octanol–water partition coefficient (Wildman–Crippen LogP) is 5.54. The van der Waals surface area contributed by atoms with Crippen LogP contribution in [0.4, 0.5) is 0 Å². The summed E-state index contributed by atoms with van der Waals surface area (Å²) in [5, 5.41) is 0. The highest BCUT2D eigenvalue weighted by molar-refractivity contribution is 9.14. The van der Waals surface area contributed by atoms with E-state index in [0.717, 1.165) is 32.2 Å². The van der Waals surface area contributed by atoms with Crippen molar-refractivity contribution in [3.63, 3.8) is 0 Å². The molecule has 0 aliphatic rings. The van der Waals surface area contributed by atoms with E-state index in [1.165, 1.54) is 12.8 Å². The normalized spacial score (nSPS) is 10.4. The molecular formula is C11H13Br3O. The molecule has 84 valence electrons. The minimum absolute atomic E-state index is 0.786. The SMILES string of the molecule is CCCCCOc1cc(Br)c(Br)c(Br)c1. The molecule has 0 unspecified atom stereocenters. The Bertz CT molecular complexity index is 303. The molecule has 0 saturated heterocycles. The van der Waals surface area contributed by atoms with Gasteiger partial charge in [-0.1, -0.05) is 19.8 Å². The van der Waals surface area contributed by atoms with Crippen LogP contribution < -0.4 is 4.74 Å². The number of ether oxygens (including phenoxy) is 1. The second-order valence-electron chi connectivity index (χ2n) is 3.26. The van der Waals surface area contributed by atoms with E-state index in [2.05, 4.69) is 54.7 Å². The van der Waals surface area contributed by atoms with E-state index >= 15 is 0 Å². The largest absolute Gasteiger partial charge is 0.494 e. The van der Waals surface area contributed by atoms with Gasteiger partial charge in [-0.05, 0) is 66.3 Å². The lowest BCUT2D eigenvalue weighted by Gasteiger charge is -2.08. The fourth-order valence-corrected chi connectivity index (χ4v) is 2.53. The van der Waals surface area contributed by atoms with Gasteiger partial charge in [-0.25, -0.2) is 0 Å². The maximum Gasteiger partial charge on any atom is 0.121 e. The van der Waals surface area contributed by atoms with Crippen molar-refractivity contribution < 1.29 is 4.74 Å². The van der Waals surface area contributed by atoms with Crippen LogP contribution in [0.5, 0.6) is 5.75 Å². The first kappa shape index (κ1) is 13.5. The van der Waals surface area contributed by atoms with E-state index < -0.39 is 0 Å². The van der Waals surface area contributed by atoms with Crippen LogP contribution in [0, 0.1) is 0 Å². The van der Waals surface area contributed by atoms with Crippen LogP contribution in [0.3, 0.4) is 0 Å². The molecule has 4 heteroatoms. The molecule has 0 aliphatic carbocycles. The molecule has 0 aliphatic heterocycles. The Kier molecular flexibility index (Phi) is 6.24. The van der Waals surface area contributed by atoms with Crippen molar-refractivity contribution in [3.8, 4) is 5.75 Å². The molecule has 0 heterocycles. The summed E-state index contributed by atoms with van der Waals surface area (Å²) in [6.07, 6.45) is 3.55. The minimum atomic E-state index is 0.786. The number of hydrogen-bond donors (Lipinski definition) is 0. The van der Waals surface area contributed by atoms with Gasteiger partial charge in [0.05, 0.1) is 6.61 Å². The standard InChI is InChI=1S/C11H13Br3O/c1-2-3-4-5-15-8-6-9(12)11(14)10(13)7-8/h6-7H,2-5H2,1H3. The zero-order chi connectivity index (χ0) is 11.3. The molecule has 0 spiro atoms. The predicted molar refractivity (Wildman–Crippen MR) is 74.6 cm³/mol. The molecule has 0 aromatic heterocycles. The molecule has 1 aromatic carbocycles. The van der Waals surface area contributed by atoms with Crippen molar-refractivity contribution in [2.75, 3.05) is 6.61 Å². The average Bonchev–Trinajstić information content (AvgIpc) is 2.21. The molecule has 0 radical (unpaired) electrons. The smallest absolute Gasteiger partial charge is 0.121 e. The zero-order valence-corrected chi connectivity index (χ0v) is 13.3. The molecule has 0 N–H and O–H groups in total. The van der Waals surface area contributed by atoms with Gasteiger partial charge < -0.3 is 4.74 Å². The lowest BCUT2D eigenvalue weighted by molar-refractivity contribution is 0.306. The van der Waals surface area contributed by atoms with E-state index in [4.69, 9.17) is 4.74 Å². The fraction of sp³-hybridized carbons (Fsp3) is 0.455. The van der Waals surface area contributed by atoms with Crippen molar-refractivity contribution >= 4 is 47.8 Å². The Morgan fingerprint density at radius 2 is 1.67 bits per heavy atom. The molecule has 1 rings (SSSR count). The Hall–Kier alpha value is 0.460. The maximum atomic E-state index is 5.64. The third kappa shape index (κ3) is 4.45. The van der Waals surface area contributed by atoms with Gasteiger partial charge in [-0.3, -0.25) is 0 Å². The minimum Gasteiger partial charge on any atom is -0.494 e. The Balaban J connectivity index is 2.55. The average molecular weight is 401 g/mol. The van der Waals surface area contributed by atoms with E-state index in [0.29, 0.717) is 0 Å². The van der Waals surface area contributed by atoms with Crippen molar-refractivity contribution in [2.45, 2.75) is 26.2 Å². The van der Waals surface area contributed by atoms with Crippen LogP contribution in [0.25, 0.3) is 0 Å². The Labute approximate surface area is 116 Å². The molecule has 15 heavy (non-hydrogen) atoms. The molecular weight excluding hydrogens is 388 g/mol. The highest BCUT2D eigenvalue weighted by Crippen LogP contribution is 2.34. The summed E-state index contributed by atoms with van der Waals surface area (Å²) >= 11 is 10.4. The Morgan fingerprint density at radius 1 is 1.07 bits per heavy atom. The lowest BCUT2D eigenvalue weighted by Crippen LogP contribution is -1.97. The summed E-state index contributed by atoms with van der Waals surface area (Å²) < 4.78 is 8.67. The molecule has 0 fully saturated rings. The van der Waals surface area contributed by atoms with Crippen LogP contribution in [0.1, 0.15) is 26.2 Å². The molecule has 0 saturated carbocycles. The number of unbranched alkanes of at least 4 members (excludes halogenated alkanes) is 2. The van der Waals surface area contributed by atoms with Gasteiger partial charge in [0, 0.05) is 13.4 Å². The van der Waals surface area contributed by atoms with Crippen LogP contribution in [-0.4, -0.2) is 6.61 Å². The van der Waals surface area contributed by atoms with E-state index in [-0.39, 0.29) is 0 Å². The highest BCUT2D eigenvalue weighted by Gasteiger charge is 2.05. The van der Waals surface area contributed by atoms with Crippen molar-refractivity contribution in [1.82, 2.24) is 0 Å². The van der Waals surface area contributed by atoms with Gasteiger partial charge in [-0.2, -0.15) is 0 Å². The molecule has 0 bridgehead atoms. The van der Waals surface area contributed by atoms with Gasteiger partial charge >= 0.3 is 0 Å². The van der Waals surface area contributed by atoms with Gasteiger partial charge in [0.1, 0.15) is 5.75 Å². The first-order valence-electron chi connectivity index (χ1n) is 4.92. The zero-order valence-electron chi connectivity index (χ0n) is 8.53. The lowest BCUT2D eigenvalue weighted by atomic mass is 10.3. The maximum absolute atomic E-state index is 5.64. The first-order valence-corrected chi connectivity index (χ1v) is 7.30. The third-order valence-corrected chi connectivity index (χ3v) is 5.14. The summed E-state index contributed by atoms with van der Waals surface area (Å²) in [6.45, 7) is 2.97. The van der Waals surface area contributed by atoms with Crippen molar-refractivity contribution in [3.05, 3.63) is 25.6 Å². The summed E-state index contributed by atoms with van der Waals surface area (Å²) in [6, 6.07) is 3.95. The van der Waals surface area contributed by atoms with Crippen molar-refractivity contribution in [2.24, 2.45) is 0 Å². The quantitative estimate of drug-likeness (QED) is 0.465. The number of benzene rings is 1. The van der Waals surface area contributed by atoms with Gasteiger partial charge in [-0.15, -0.1) is 0 Å². The molecule has 1 nitrogen and oxygen atoms in total. The third-order valence-electron chi connectivity index (χ3n) is 1.97. The van der Waals surface area contributed by atoms with Gasteiger partial charge in [0.15, 0.2) is 0 Å². The second-order valence-corrected chi connectivity index (χ2v) is 5.76. The van der Waals surface area contributed by atoms with E-state index in [1.807, 2.05) is 12.1 Å². The van der Waals surface area contributed by atoms with E-state index in [1.54, 1.807) is 0 Å². The number of halogens is 3. The summed E-state index contributed by atoms with van der Waals surface area (Å²) in [7, 11) is 0. The van der Waals surface area contributed by atoms with Crippen molar-refractivity contribution in [1.29, 1.82) is 0 Å². The second kappa shape index (κ2) is 6.92. The highest BCUT2D eigenvalue weighted by atomic mass is 79.9. The molecule has 0 amide bonds. The van der Waals surface area contributed by atoms with Gasteiger partial charge in [0.25, 0.3) is 0 Å². The first-order chi connectivity index (χ1) is 7.15. The fourth-order valence-electron chi connectivity index (χ4n) is 1.16. The van der Waals surface area contributed by atoms with Crippen LogP contribution in [0.2, 0.25) is 0 Å². The monoisotopic (exact) mass is 398 g/mol. The summed E-state index contributed by atoms with van der Waals surface area (Å²) in [5.74, 6) is 0.896. The number of hydrogen-bond acceptors (Lipinski definition) is 1. The van der Waals surface area contributed by atoms with Gasteiger partial charge in [0.2, 0.25) is 0 Å². The molecule has 1 aromatic rings. The van der Waals surface area contributed by atoms with Crippen LogP contribution in [0.15, 0.2) is 25.6 Å². The number of rotatable bonds is 5. The molecule has 0 atom stereocenters.